The quantitative estimate of drug-likeness (QED) is 0.399. The van der Waals surface area contributed by atoms with Gasteiger partial charge in [0.05, 0.1) is 20.1 Å². The highest BCUT2D eigenvalue weighted by atomic mass is 127. The molecule has 26 heavy (non-hydrogen) atoms. The molecule has 0 heterocycles. The number of ether oxygens (including phenoxy) is 1. The summed E-state index contributed by atoms with van der Waals surface area (Å²) >= 11 is 0. The summed E-state index contributed by atoms with van der Waals surface area (Å²) in [5.74, 6) is 0.828. The molecule has 2 rings (SSSR count). The Morgan fingerprint density at radius 2 is 1.58 bits per heavy atom. The van der Waals surface area contributed by atoms with Gasteiger partial charge < -0.3 is 38.3 Å². The monoisotopic (exact) mass is 471 g/mol. The molecule has 2 aromatic rings. The van der Waals surface area contributed by atoms with Gasteiger partial charge in [-0.1, -0.05) is 57.0 Å². The minimum atomic E-state index is -0.440. The highest BCUT2D eigenvalue weighted by molar-refractivity contribution is 5.83. The van der Waals surface area contributed by atoms with Gasteiger partial charge in [-0.05, 0) is 35.7 Å². The van der Waals surface area contributed by atoms with E-state index in [1.807, 2.05) is 24.3 Å². The minimum absolute atomic E-state index is 0. The summed E-state index contributed by atoms with van der Waals surface area (Å²) in [6.45, 7) is 7.82. The third-order valence-corrected chi connectivity index (χ3v) is 4.92. The van der Waals surface area contributed by atoms with Gasteiger partial charge in [0.2, 0.25) is 0 Å². The zero-order valence-electron chi connectivity index (χ0n) is 16.5. The normalized spacial score (nSPS) is 12.6. The van der Waals surface area contributed by atoms with Gasteiger partial charge in [-0.15, -0.1) is 0 Å². The number of quaternary nitrogens is 1. The molecule has 0 spiro atoms. The lowest BCUT2D eigenvalue weighted by Crippen LogP contribution is -3.00. The Kier molecular flexibility index (Phi) is 10.5. The van der Waals surface area contributed by atoms with Crippen LogP contribution >= 0.6 is 0 Å². The molecule has 0 saturated heterocycles. The van der Waals surface area contributed by atoms with E-state index < -0.39 is 6.10 Å². The maximum absolute atomic E-state index is 10.5. The summed E-state index contributed by atoms with van der Waals surface area (Å²) in [6, 6.07) is 14.4. The zero-order chi connectivity index (χ0) is 18.1. The zero-order valence-corrected chi connectivity index (χ0v) is 18.6. The molecule has 2 aromatic carbocycles. The number of halogens is 1. The lowest BCUT2D eigenvalue weighted by atomic mass is 10.1. The van der Waals surface area contributed by atoms with Crippen molar-refractivity contribution in [1.29, 1.82) is 0 Å². The van der Waals surface area contributed by atoms with Gasteiger partial charge in [0.1, 0.15) is 25.0 Å². The lowest BCUT2D eigenvalue weighted by Gasteiger charge is -2.36. The van der Waals surface area contributed by atoms with Crippen LogP contribution in [0.1, 0.15) is 39.5 Å². The Bertz CT molecular complexity index is 639. The second-order valence-corrected chi connectivity index (χ2v) is 7.43. The van der Waals surface area contributed by atoms with Gasteiger partial charge in [-0.25, -0.2) is 0 Å². The molecular weight excluding hydrogens is 437 g/mol. The number of benzene rings is 2. The molecule has 3 nitrogen and oxygen atoms in total. The topological polar surface area (TPSA) is 29.5 Å². The second-order valence-electron chi connectivity index (χ2n) is 7.43. The van der Waals surface area contributed by atoms with Crippen LogP contribution in [-0.4, -0.2) is 49.0 Å². The first-order valence-corrected chi connectivity index (χ1v) is 9.69. The van der Waals surface area contributed by atoms with Crippen LogP contribution in [0.25, 0.3) is 10.8 Å². The van der Waals surface area contributed by atoms with Crippen molar-refractivity contribution < 1.29 is 38.3 Å². The van der Waals surface area contributed by atoms with Gasteiger partial charge in [0.25, 0.3) is 0 Å². The molecule has 0 fully saturated rings. The standard InChI is InChI=1S/C22H34NO2.HI/c1-4-6-14-23(3,15-7-5-2)17-21(24)18-25-22-13-12-19-10-8-9-11-20(19)16-22;/h8-13,16,21,24H,4-7,14-15,17-18H2,1-3H3;1H/q+1;/p-1. The summed E-state index contributed by atoms with van der Waals surface area (Å²) in [5, 5.41) is 12.9. The molecule has 146 valence electrons. The van der Waals surface area contributed by atoms with Crippen LogP contribution in [0.2, 0.25) is 0 Å². The summed E-state index contributed by atoms with van der Waals surface area (Å²) in [4.78, 5) is 0. The fourth-order valence-electron chi connectivity index (χ4n) is 3.39. The van der Waals surface area contributed by atoms with E-state index in [-0.39, 0.29) is 24.0 Å². The van der Waals surface area contributed by atoms with E-state index in [0.717, 1.165) is 29.9 Å². The van der Waals surface area contributed by atoms with Crippen molar-refractivity contribution in [2.24, 2.45) is 0 Å². The number of hydrogen-bond donors (Lipinski definition) is 1. The molecule has 4 heteroatoms. The minimum Gasteiger partial charge on any atom is -1.00 e. The van der Waals surface area contributed by atoms with E-state index in [2.05, 4.69) is 39.1 Å². The predicted molar refractivity (Wildman–Crippen MR) is 106 cm³/mol. The van der Waals surface area contributed by atoms with Crippen molar-refractivity contribution in [3.63, 3.8) is 0 Å². The molecule has 0 aliphatic carbocycles. The molecule has 0 aliphatic rings. The van der Waals surface area contributed by atoms with E-state index in [1.54, 1.807) is 0 Å². The van der Waals surface area contributed by atoms with Gasteiger partial charge in [-0.2, -0.15) is 0 Å². The molecule has 1 atom stereocenters. The molecule has 1 N–H and O–H groups in total. The smallest absolute Gasteiger partial charge is 0.137 e. The van der Waals surface area contributed by atoms with Crippen molar-refractivity contribution in [2.45, 2.75) is 45.6 Å². The van der Waals surface area contributed by atoms with E-state index in [9.17, 15) is 5.11 Å². The number of aliphatic hydroxyl groups excluding tert-OH is 1. The molecule has 1 unspecified atom stereocenters. The molecule has 0 aliphatic heterocycles. The van der Waals surface area contributed by atoms with E-state index in [4.69, 9.17) is 4.74 Å². The van der Waals surface area contributed by atoms with Gasteiger partial charge in [-0.3, -0.25) is 0 Å². The first kappa shape index (κ1) is 23.2. The maximum Gasteiger partial charge on any atom is 0.137 e. The fourth-order valence-corrected chi connectivity index (χ4v) is 3.39. The fraction of sp³-hybridized carbons (Fsp3) is 0.545. The first-order valence-electron chi connectivity index (χ1n) is 9.69. The number of likely N-dealkylation sites (N-methyl/N-ethyl adjacent to an activating group) is 1. The number of hydrogen-bond acceptors (Lipinski definition) is 2. The number of fused-ring (bicyclic) bond motifs is 1. The van der Waals surface area contributed by atoms with Crippen LogP contribution in [0, 0.1) is 0 Å². The summed E-state index contributed by atoms with van der Waals surface area (Å²) in [7, 11) is 2.27. The van der Waals surface area contributed by atoms with Crippen molar-refractivity contribution in [2.75, 3.05) is 33.3 Å². The Morgan fingerprint density at radius 1 is 0.962 bits per heavy atom. The number of aliphatic hydroxyl groups is 1. The van der Waals surface area contributed by atoms with Crippen LogP contribution in [0.5, 0.6) is 5.75 Å². The third-order valence-electron chi connectivity index (χ3n) is 4.92. The van der Waals surface area contributed by atoms with Crippen molar-refractivity contribution in [3.05, 3.63) is 42.5 Å². The second kappa shape index (κ2) is 11.8. The van der Waals surface area contributed by atoms with Gasteiger partial charge >= 0.3 is 0 Å². The highest BCUT2D eigenvalue weighted by Gasteiger charge is 2.25. The van der Waals surface area contributed by atoms with Crippen LogP contribution in [0.4, 0.5) is 0 Å². The molecule has 0 aromatic heterocycles. The summed E-state index contributed by atoms with van der Waals surface area (Å²) < 4.78 is 6.81. The third kappa shape index (κ3) is 7.41. The summed E-state index contributed by atoms with van der Waals surface area (Å²) in [6.07, 6.45) is 4.37. The Hall–Kier alpha value is -0.850. The van der Waals surface area contributed by atoms with Gasteiger partial charge in [0, 0.05) is 0 Å². The average Bonchev–Trinajstić information content (AvgIpc) is 2.63. The molecule has 0 saturated carbocycles. The van der Waals surface area contributed by atoms with E-state index in [0.29, 0.717) is 6.61 Å². The van der Waals surface area contributed by atoms with Crippen molar-refractivity contribution in [1.82, 2.24) is 0 Å². The van der Waals surface area contributed by atoms with Gasteiger partial charge in [0.15, 0.2) is 0 Å². The molecule has 0 bridgehead atoms. The number of nitrogens with zero attached hydrogens (tertiary/aromatic N) is 1. The molecule has 0 radical (unpaired) electrons. The number of unbranched alkanes of at least 4 members (excludes halogenated alkanes) is 2. The molecular formula is C22H34INO2. The Balaban J connectivity index is 0.00000338. The van der Waals surface area contributed by atoms with E-state index >= 15 is 0 Å². The SMILES string of the molecule is CCCC[N+](C)(CCCC)CC(O)COc1ccc2ccccc2c1.[I-]. The van der Waals surface area contributed by atoms with Crippen LogP contribution in [-0.2, 0) is 0 Å². The van der Waals surface area contributed by atoms with Crippen LogP contribution in [0.3, 0.4) is 0 Å². The Morgan fingerprint density at radius 3 is 2.19 bits per heavy atom. The highest BCUT2D eigenvalue weighted by Crippen LogP contribution is 2.21. The molecule has 0 amide bonds. The summed E-state index contributed by atoms with van der Waals surface area (Å²) in [5.41, 5.74) is 0. The van der Waals surface area contributed by atoms with Crippen molar-refractivity contribution >= 4 is 10.8 Å². The van der Waals surface area contributed by atoms with E-state index in [1.165, 1.54) is 36.5 Å². The lowest BCUT2D eigenvalue weighted by molar-refractivity contribution is -0.912. The van der Waals surface area contributed by atoms with Crippen molar-refractivity contribution in [3.8, 4) is 5.75 Å². The average molecular weight is 471 g/mol. The Labute approximate surface area is 176 Å². The number of rotatable bonds is 11. The van der Waals surface area contributed by atoms with Crippen LogP contribution < -0.4 is 28.7 Å². The first-order chi connectivity index (χ1) is 12.1. The maximum atomic E-state index is 10.5. The predicted octanol–water partition coefficient (Wildman–Crippen LogP) is 1.63. The van der Waals surface area contributed by atoms with Crippen LogP contribution in [0.15, 0.2) is 42.5 Å². The largest absolute Gasteiger partial charge is 1.00 e.